The average molecular weight is 302 g/mol. The molecular formula is C17H20ClN3. The molecule has 4 heteroatoms. The largest absolute Gasteiger partial charge is 0.354 e. The van der Waals surface area contributed by atoms with Crippen molar-refractivity contribution >= 4 is 16.8 Å². The predicted molar refractivity (Wildman–Crippen MR) is 87.4 cm³/mol. The molecule has 0 saturated heterocycles. The van der Waals surface area contributed by atoms with Crippen molar-refractivity contribution in [2.24, 2.45) is 4.99 Å². The highest BCUT2D eigenvalue weighted by Gasteiger charge is 2.17. The zero-order valence-electron chi connectivity index (χ0n) is 13.1. The lowest BCUT2D eigenvalue weighted by Gasteiger charge is -2.17. The Kier molecular flexibility index (Phi) is 3.33. The van der Waals surface area contributed by atoms with Gasteiger partial charge in [-0.05, 0) is 51.8 Å². The van der Waals surface area contributed by atoms with E-state index in [1.54, 1.807) is 0 Å². The third-order valence-electron chi connectivity index (χ3n) is 3.91. The molecule has 2 aromatic rings. The van der Waals surface area contributed by atoms with E-state index in [0.717, 1.165) is 16.4 Å². The summed E-state index contributed by atoms with van der Waals surface area (Å²) in [5.41, 5.74) is 7.09. The molecule has 0 radical (unpaired) electrons. The molecule has 0 fully saturated rings. The molecule has 1 aromatic carbocycles. The fourth-order valence-electron chi connectivity index (χ4n) is 3.20. The number of aromatic nitrogens is 1. The second kappa shape index (κ2) is 4.92. The number of aryl methyl sites for hydroxylation is 4. The first-order chi connectivity index (χ1) is 9.88. The summed E-state index contributed by atoms with van der Waals surface area (Å²) in [7, 11) is 0. The third kappa shape index (κ3) is 2.26. The van der Waals surface area contributed by atoms with Crippen LogP contribution in [0.3, 0.4) is 0 Å². The van der Waals surface area contributed by atoms with E-state index >= 15 is 0 Å². The van der Waals surface area contributed by atoms with Crippen LogP contribution in [0.4, 0.5) is 0 Å². The summed E-state index contributed by atoms with van der Waals surface area (Å²) in [6.45, 7) is 10.5. The Bertz CT molecular complexity index is 823. The van der Waals surface area contributed by atoms with Gasteiger partial charge in [0.1, 0.15) is 16.8 Å². The van der Waals surface area contributed by atoms with E-state index in [-0.39, 0.29) is 6.17 Å². The monoisotopic (exact) mass is 301 g/mol. The minimum absolute atomic E-state index is 0.0101. The number of benzene rings is 1. The molecule has 2 heterocycles. The lowest BCUT2D eigenvalue weighted by Crippen LogP contribution is -2.42. The molecule has 21 heavy (non-hydrogen) atoms. The van der Waals surface area contributed by atoms with Crippen molar-refractivity contribution in [2.45, 2.75) is 40.8 Å². The second-order valence-electron chi connectivity index (χ2n) is 5.87. The van der Waals surface area contributed by atoms with E-state index in [1.807, 2.05) is 6.92 Å². The lowest BCUT2D eigenvalue weighted by atomic mass is 10.0. The highest BCUT2D eigenvalue weighted by molar-refractivity contribution is 6.44. The Morgan fingerprint density at radius 2 is 1.71 bits per heavy atom. The maximum Gasteiger partial charge on any atom is 0.145 e. The van der Waals surface area contributed by atoms with Crippen LogP contribution in [0, 0.1) is 27.7 Å². The molecule has 110 valence electrons. The molecule has 3 nitrogen and oxygen atoms in total. The first kappa shape index (κ1) is 14.2. The van der Waals surface area contributed by atoms with E-state index in [4.69, 9.17) is 16.6 Å². The summed E-state index contributed by atoms with van der Waals surface area (Å²) in [5, 5.41) is 4.82. The summed E-state index contributed by atoms with van der Waals surface area (Å²) in [5.74, 6) is 0. The molecule has 1 N–H and O–H groups in total. The number of fused-ring (bicyclic) bond motifs is 1. The van der Waals surface area contributed by atoms with Gasteiger partial charge in [0, 0.05) is 5.69 Å². The summed E-state index contributed by atoms with van der Waals surface area (Å²) < 4.78 is 2.22. The molecule has 0 bridgehead atoms. The summed E-state index contributed by atoms with van der Waals surface area (Å²) in [6, 6.07) is 6.52. The molecule has 0 amide bonds. The van der Waals surface area contributed by atoms with E-state index < -0.39 is 0 Å². The Balaban J connectivity index is 2.43. The van der Waals surface area contributed by atoms with Gasteiger partial charge in [-0.15, -0.1) is 0 Å². The number of halogens is 1. The van der Waals surface area contributed by atoms with E-state index in [1.165, 1.54) is 22.4 Å². The predicted octanol–water partition coefficient (Wildman–Crippen LogP) is 2.58. The van der Waals surface area contributed by atoms with Gasteiger partial charge in [0.25, 0.3) is 0 Å². The topological polar surface area (TPSA) is 29.3 Å². The summed E-state index contributed by atoms with van der Waals surface area (Å²) in [4.78, 5) is 4.74. The summed E-state index contributed by atoms with van der Waals surface area (Å²) in [6.07, 6.45) is -0.0101. The SMILES string of the molecule is Cc1cc(C)c(-n2c(C)cc3c2=NC(C)NC=3Cl)c(C)c1. The molecule has 3 rings (SSSR count). The van der Waals surface area contributed by atoms with Gasteiger partial charge in [-0.3, -0.25) is 4.57 Å². The van der Waals surface area contributed by atoms with Crippen molar-refractivity contribution in [3.63, 3.8) is 0 Å². The van der Waals surface area contributed by atoms with Crippen LogP contribution < -0.4 is 16.0 Å². The number of hydrogen-bond acceptors (Lipinski definition) is 2. The van der Waals surface area contributed by atoms with Crippen LogP contribution in [0.15, 0.2) is 23.2 Å². The molecule has 1 unspecified atom stereocenters. The van der Waals surface area contributed by atoms with Gasteiger partial charge in [-0.2, -0.15) is 0 Å². The van der Waals surface area contributed by atoms with Crippen LogP contribution in [-0.2, 0) is 0 Å². The molecule has 1 aliphatic rings. The van der Waals surface area contributed by atoms with Gasteiger partial charge in [0.05, 0.1) is 10.9 Å². The molecule has 1 aliphatic heterocycles. The third-order valence-corrected chi connectivity index (χ3v) is 4.22. The zero-order valence-corrected chi connectivity index (χ0v) is 13.8. The Morgan fingerprint density at radius 1 is 1.10 bits per heavy atom. The van der Waals surface area contributed by atoms with Crippen molar-refractivity contribution in [3.8, 4) is 5.69 Å². The van der Waals surface area contributed by atoms with Gasteiger partial charge in [-0.1, -0.05) is 29.3 Å². The number of nitrogens with zero attached hydrogens (tertiary/aromatic N) is 2. The highest BCUT2D eigenvalue weighted by Crippen LogP contribution is 2.21. The normalized spacial score (nSPS) is 17.2. The fraction of sp³-hybridized carbons (Fsp3) is 0.353. The van der Waals surface area contributed by atoms with Crippen molar-refractivity contribution in [1.29, 1.82) is 0 Å². The smallest absolute Gasteiger partial charge is 0.145 e. The first-order valence-electron chi connectivity index (χ1n) is 7.19. The Labute approximate surface area is 130 Å². The molecule has 1 aromatic heterocycles. The minimum Gasteiger partial charge on any atom is -0.354 e. The van der Waals surface area contributed by atoms with Crippen LogP contribution in [0.25, 0.3) is 10.8 Å². The standard InChI is InChI=1S/C17H20ClN3/c1-9-6-10(2)15(11(3)7-9)21-12(4)8-14-16(18)19-13(5)20-17(14)21/h6-8,13,19H,1-5H3. The molecule has 0 aliphatic carbocycles. The number of rotatable bonds is 1. The van der Waals surface area contributed by atoms with Crippen LogP contribution >= 0.6 is 11.6 Å². The van der Waals surface area contributed by atoms with E-state index in [0.29, 0.717) is 5.16 Å². The Hall–Kier alpha value is -1.74. The number of nitrogens with one attached hydrogen (secondary N) is 1. The second-order valence-corrected chi connectivity index (χ2v) is 6.25. The molecule has 0 spiro atoms. The lowest BCUT2D eigenvalue weighted by molar-refractivity contribution is 0.643. The molecule has 1 atom stereocenters. The van der Waals surface area contributed by atoms with Crippen LogP contribution in [0.1, 0.15) is 29.3 Å². The van der Waals surface area contributed by atoms with E-state index in [9.17, 15) is 0 Å². The van der Waals surface area contributed by atoms with Gasteiger partial charge in [0.2, 0.25) is 0 Å². The molecule has 0 saturated carbocycles. The van der Waals surface area contributed by atoms with Crippen molar-refractivity contribution in [1.82, 2.24) is 9.88 Å². The van der Waals surface area contributed by atoms with Crippen LogP contribution in [-0.4, -0.2) is 10.7 Å². The van der Waals surface area contributed by atoms with Crippen molar-refractivity contribution < 1.29 is 0 Å². The molecular weight excluding hydrogens is 282 g/mol. The van der Waals surface area contributed by atoms with Gasteiger partial charge < -0.3 is 5.32 Å². The van der Waals surface area contributed by atoms with Crippen molar-refractivity contribution in [3.05, 3.63) is 51.3 Å². The van der Waals surface area contributed by atoms with Gasteiger partial charge in [0.15, 0.2) is 0 Å². The average Bonchev–Trinajstić information content (AvgIpc) is 2.66. The maximum absolute atomic E-state index is 6.35. The maximum atomic E-state index is 6.35. The van der Waals surface area contributed by atoms with Crippen molar-refractivity contribution in [2.75, 3.05) is 0 Å². The quantitative estimate of drug-likeness (QED) is 0.806. The summed E-state index contributed by atoms with van der Waals surface area (Å²) >= 11 is 6.35. The highest BCUT2D eigenvalue weighted by atomic mass is 35.5. The first-order valence-corrected chi connectivity index (χ1v) is 7.57. The zero-order chi connectivity index (χ0) is 15.3. The Morgan fingerprint density at radius 3 is 2.33 bits per heavy atom. The fourth-order valence-corrected chi connectivity index (χ4v) is 3.50. The van der Waals surface area contributed by atoms with Crippen LogP contribution in [0.5, 0.6) is 0 Å². The van der Waals surface area contributed by atoms with Gasteiger partial charge >= 0.3 is 0 Å². The number of hydrogen-bond donors (Lipinski definition) is 1. The van der Waals surface area contributed by atoms with Gasteiger partial charge in [-0.25, -0.2) is 4.99 Å². The van der Waals surface area contributed by atoms with Crippen LogP contribution in [0.2, 0.25) is 0 Å². The minimum atomic E-state index is -0.0101. The van der Waals surface area contributed by atoms with E-state index in [2.05, 4.69) is 55.8 Å².